The minimum atomic E-state index is -0.288. The first-order chi connectivity index (χ1) is 10.6. The van der Waals surface area contributed by atoms with E-state index in [9.17, 15) is 4.79 Å². The monoisotopic (exact) mass is 355 g/mol. The fourth-order valence-corrected chi connectivity index (χ4v) is 2.68. The van der Waals surface area contributed by atoms with Crippen LogP contribution in [0.2, 0.25) is 0 Å². The topological polar surface area (TPSA) is 54.0 Å². The average Bonchev–Trinajstić information content (AvgIpc) is 2.53. The second-order valence-corrected chi connectivity index (χ2v) is 5.74. The molecule has 0 unspecified atom stereocenters. The highest BCUT2D eigenvalue weighted by atomic mass is 79.9. The molecule has 0 aliphatic heterocycles. The van der Waals surface area contributed by atoms with Crippen LogP contribution in [0, 0.1) is 6.92 Å². The third-order valence-corrected chi connectivity index (χ3v) is 4.05. The number of aryl methyl sites for hydroxylation is 1. The van der Waals surface area contributed by atoms with E-state index in [1.54, 1.807) is 6.20 Å². The highest BCUT2D eigenvalue weighted by Crippen LogP contribution is 2.28. The Kier molecular flexibility index (Phi) is 4.06. The van der Waals surface area contributed by atoms with Crippen LogP contribution in [-0.4, -0.2) is 11.0 Å². The third-order valence-electron chi connectivity index (χ3n) is 3.36. The van der Waals surface area contributed by atoms with Crippen molar-refractivity contribution in [2.45, 2.75) is 6.92 Å². The Bertz CT molecular complexity index is 848. The molecule has 4 nitrogen and oxygen atoms in total. The van der Waals surface area contributed by atoms with Gasteiger partial charge < -0.3 is 10.6 Å². The van der Waals surface area contributed by atoms with Gasteiger partial charge in [-0.3, -0.25) is 4.98 Å². The lowest BCUT2D eigenvalue weighted by Crippen LogP contribution is -2.20. The summed E-state index contributed by atoms with van der Waals surface area (Å²) >= 11 is 3.49. The van der Waals surface area contributed by atoms with Gasteiger partial charge in [0.25, 0.3) is 0 Å². The van der Waals surface area contributed by atoms with Gasteiger partial charge in [-0.15, -0.1) is 0 Å². The van der Waals surface area contributed by atoms with Crippen LogP contribution in [0.15, 0.2) is 59.2 Å². The van der Waals surface area contributed by atoms with Crippen LogP contribution in [0.25, 0.3) is 10.9 Å². The van der Waals surface area contributed by atoms with E-state index in [0.29, 0.717) is 5.69 Å². The van der Waals surface area contributed by atoms with E-state index in [0.717, 1.165) is 26.6 Å². The zero-order valence-corrected chi connectivity index (χ0v) is 13.5. The zero-order valence-electron chi connectivity index (χ0n) is 11.9. The molecular formula is C17H14BrN3O. The molecule has 110 valence electrons. The summed E-state index contributed by atoms with van der Waals surface area (Å²) in [6, 6.07) is 14.9. The van der Waals surface area contributed by atoms with Crippen LogP contribution in [0.3, 0.4) is 0 Å². The highest BCUT2D eigenvalue weighted by Gasteiger charge is 2.09. The van der Waals surface area contributed by atoms with Crippen molar-refractivity contribution in [2.24, 2.45) is 0 Å². The van der Waals surface area contributed by atoms with Gasteiger partial charge >= 0.3 is 6.03 Å². The van der Waals surface area contributed by atoms with E-state index < -0.39 is 0 Å². The first-order valence-corrected chi connectivity index (χ1v) is 7.61. The fraction of sp³-hybridized carbons (Fsp3) is 0.0588. The Morgan fingerprint density at radius 2 is 1.77 bits per heavy atom. The Morgan fingerprint density at radius 3 is 2.59 bits per heavy atom. The number of anilines is 2. The summed E-state index contributed by atoms with van der Waals surface area (Å²) in [6.07, 6.45) is 1.71. The normalized spacial score (nSPS) is 10.5. The summed E-state index contributed by atoms with van der Waals surface area (Å²) in [4.78, 5) is 16.5. The summed E-state index contributed by atoms with van der Waals surface area (Å²) in [5.74, 6) is 0. The van der Waals surface area contributed by atoms with Crippen LogP contribution in [0.5, 0.6) is 0 Å². The van der Waals surface area contributed by atoms with Gasteiger partial charge in [-0.2, -0.15) is 0 Å². The summed E-state index contributed by atoms with van der Waals surface area (Å²) in [5.41, 5.74) is 3.22. The molecule has 0 radical (unpaired) electrons. The van der Waals surface area contributed by atoms with Crippen molar-refractivity contribution in [3.05, 3.63) is 64.8 Å². The molecule has 0 fully saturated rings. The minimum Gasteiger partial charge on any atom is -0.307 e. The Labute approximate surface area is 136 Å². The number of nitrogens with one attached hydrogen (secondary N) is 2. The molecule has 0 spiro atoms. The van der Waals surface area contributed by atoms with Crippen molar-refractivity contribution in [3.8, 4) is 0 Å². The third kappa shape index (κ3) is 2.94. The Morgan fingerprint density at radius 1 is 1.00 bits per heavy atom. The second kappa shape index (κ2) is 6.15. The number of amides is 2. The van der Waals surface area contributed by atoms with Crippen LogP contribution in [-0.2, 0) is 0 Å². The number of carbonyl (C=O) groups excluding carboxylic acids is 1. The first kappa shape index (κ1) is 14.5. The SMILES string of the molecule is Cc1ccccc1NC(=O)Nc1ccc(Br)c2cccnc12. The highest BCUT2D eigenvalue weighted by molar-refractivity contribution is 9.10. The molecule has 2 N–H and O–H groups in total. The number of benzene rings is 2. The maximum atomic E-state index is 12.2. The van der Waals surface area contributed by atoms with Crippen LogP contribution >= 0.6 is 15.9 Å². The molecule has 0 saturated carbocycles. The maximum absolute atomic E-state index is 12.2. The van der Waals surface area contributed by atoms with Crippen molar-refractivity contribution >= 4 is 44.2 Å². The van der Waals surface area contributed by atoms with Crippen LogP contribution in [0.1, 0.15) is 5.56 Å². The molecule has 1 heterocycles. The molecule has 2 aromatic carbocycles. The van der Waals surface area contributed by atoms with Gasteiger partial charge in [0.1, 0.15) is 0 Å². The summed E-state index contributed by atoms with van der Waals surface area (Å²) in [5, 5.41) is 6.66. The summed E-state index contributed by atoms with van der Waals surface area (Å²) in [6.45, 7) is 1.95. The standard InChI is InChI=1S/C17H14BrN3O/c1-11-5-2-3-7-14(11)20-17(22)21-15-9-8-13(18)12-6-4-10-19-16(12)15/h2-10H,1H3,(H2,20,21,22). The van der Waals surface area contributed by atoms with Gasteiger partial charge in [0.05, 0.1) is 11.2 Å². The number of urea groups is 1. The van der Waals surface area contributed by atoms with Crippen molar-refractivity contribution in [3.63, 3.8) is 0 Å². The molecule has 22 heavy (non-hydrogen) atoms. The molecule has 0 aliphatic carbocycles. The molecule has 1 aromatic heterocycles. The van der Waals surface area contributed by atoms with Gasteiger partial charge in [0, 0.05) is 21.7 Å². The van der Waals surface area contributed by atoms with E-state index >= 15 is 0 Å². The number of rotatable bonds is 2. The fourth-order valence-electron chi connectivity index (χ4n) is 2.23. The number of pyridine rings is 1. The number of aromatic nitrogens is 1. The minimum absolute atomic E-state index is 0.288. The molecule has 3 aromatic rings. The van der Waals surface area contributed by atoms with E-state index in [1.165, 1.54) is 0 Å². The Balaban J connectivity index is 1.86. The predicted molar refractivity (Wildman–Crippen MR) is 93.3 cm³/mol. The molecule has 0 aliphatic rings. The lowest BCUT2D eigenvalue weighted by Gasteiger charge is -2.11. The van der Waals surface area contributed by atoms with Gasteiger partial charge in [-0.05, 0) is 36.8 Å². The smallest absolute Gasteiger partial charge is 0.307 e. The molecular weight excluding hydrogens is 342 g/mol. The lowest BCUT2D eigenvalue weighted by molar-refractivity contribution is 0.262. The second-order valence-electron chi connectivity index (χ2n) is 4.89. The number of nitrogens with zero attached hydrogens (tertiary/aromatic N) is 1. The molecule has 5 heteroatoms. The number of carbonyl (C=O) groups is 1. The summed E-state index contributed by atoms with van der Waals surface area (Å²) in [7, 11) is 0. The van der Waals surface area contributed by atoms with Gasteiger partial charge in [-0.25, -0.2) is 4.79 Å². The number of para-hydroxylation sites is 1. The first-order valence-electron chi connectivity index (χ1n) is 6.82. The van der Waals surface area contributed by atoms with Crippen LogP contribution < -0.4 is 10.6 Å². The largest absolute Gasteiger partial charge is 0.323 e. The van der Waals surface area contributed by atoms with E-state index in [2.05, 4.69) is 31.5 Å². The number of hydrogen-bond acceptors (Lipinski definition) is 2. The van der Waals surface area contributed by atoms with Crippen molar-refractivity contribution in [1.29, 1.82) is 0 Å². The van der Waals surface area contributed by atoms with Gasteiger partial charge in [0.15, 0.2) is 0 Å². The van der Waals surface area contributed by atoms with E-state index in [4.69, 9.17) is 0 Å². The van der Waals surface area contributed by atoms with E-state index in [1.807, 2.05) is 55.5 Å². The maximum Gasteiger partial charge on any atom is 0.323 e. The zero-order chi connectivity index (χ0) is 15.5. The lowest BCUT2D eigenvalue weighted by atomic mass is 10.2. The quantitative estimate of drug-likeness (QED) is 0.683. The molecule has 0 atom stereocenters. The Hall–Kier alpha value is -2.40. The summed E-state index contributed by atoms with van der Waals surface area (Å²) < 4.78 is 0.945. The van der Waals surface area contributed by atoms with Gasteiger partial charge in [-0.1, -0.05) is 40.2 Å². The number of hydrogen-bond donors (Lipinski definition) is 2. The van der Waals surface area contributed by atoms with Gasteiger partial charge in [0.2, 0.25) is 0 Å². The molecule has 0 saturated heterocycles. The molecule has 0 bridgehead atoms. The molecule has 3 rings (SSSR count). The van der Waals surface area contributed by atoms with E-state index in [-0.39, 0.29) is 6.03 Å². The van der Waals surface area contributed by atoms with Crippen molar-refractivity contribution in [1.82, 2.24) is 4.98 Å². The van der Waals surface area contributed by atoms with Crippen molar-refractivity contribution < 1.29 is 4.79 Å². The number of fused-ring (bicyclic) bond motifs is 1. The van der Waals surface area contributed by atoms with Crippen molar-refractivity contribution in [2.75, 3.05) is 10.6 Å². The predicted octanol–water partition coefficient (Wildman–Crippen LogP) is 4.95. The number of halogens is 1. The van der Waals surface area contributed by atoms with Crippen LogP contribution in [0.4, 0.5) is 16.2 Å². The average molecular weight is 356 g/mol. The molecule has 2 amide bonds.